The number of hydrogen-bond donors (Lipinski definition) is 1. The minimum Gasteiger partial charge on any atom is -0.378 e. The Hall–Kier alpha value is -1.06. The normalized spacial score (nSPS) is 12.5. The van der Waals surface area contributed by atoms with Crippen LogP contribution in [0, 0.1) is 0 Å². The molecule has 0 radical (unpaired) electrons. The van der Waals surface area contributed by atoms with Crippen molar-refractivity contribution < 1.29 is 4.74 Å². The number of hydrogen-bond acceptors (Lipinski definition) is 3. The molecule has 0 spiro atoms. The first-order chi connectivity index (χ1) is 7.63. The molecular formula is C13H22N2O. The Morgan fingerprint density at radius 2 is 1.88 bits per heavy atom. The number of nitrogens with zero attached hydrogens (tertiary/aromatic N) is 1. The number of benzene rings is 1. The van der Waals surface area contributed by atoms with Crippen LogP contribution in [-0.4, -0.2) is 26.7 Å². The van der Waals surface area contributed by atoms with Gasteiger partial charge in [-0.3, -0.25) is 0 Å². The van der Waals surface area contributed by atoms with Crippen LogP contribution in [0.25, 0.3) is 0 Å². The van der Waals surface area contributed by atoms with Gasteiger partial charge in [0.25, 0.3) is 0 Å². The van der Waals surface area contributed by atoms with Gasteiger partial charge in [-0.2, -0.15) is 0 Å². The zero-order valence-corrected chi connectivity index (χ0v) is 10.4. The Labute approximate surface area is 98.2 Å². The molecule has 0 saturated heterocycles. The number of anilines is 1. The highest BCUT2D eigenvalue weighted by Gasteiger charge is 2.00. The fourth-order valence-electron chi connectivity index (χ4n) is 1.34. The molecule has 0 aliphatic heterocycles. The van der Waals surface area contributed by atoms with E-state index in [0.29, 0.717) is 13.2 Å². The zero-order valence-electron chi connectivity index (χ0n) is 10.4. The topological polar surface area (TPSA) is 38.5 Å². The summed E-state index contributed by atoms with van der Waals surface area (Å²) in [6, 6.07) is 8.53. The number of rotatable bonds is 6. The van der Waals surface area contributed by atoms with E-state index in [0.717, 1.165) is 6.42 Å². The Kier molecular flexibility index (Phi) is 5.29. The van der Waals surface area contributed by atoms with Gasteiger partial charge in [-0.25, -0.2) is 0 Å². The third kappa shape index (κ3) is 4.21. The van der Waals surface area contributed by atoms with E-state index in [-0.39, 0.29) is 6.04 Å². The van der Waals surface area contributed by atoms with E-state index in [1.165, 1.54) is 11.3 Å². The van der Waals surface area contributed by atoms with Crippen LogP contribution in [0.4, 0.5) is 5.69 Å². The fraction of sp³-hybridized carbons (Fsp3) is 0.538. The summed E-state index contributed by atoms with van der Waals surface area (Å²) in [6.07, 6.45) is 0.958. The van der Waals surface area contributed by atoms with Crippen molar-refractivity contribution in [3.8, 4) is 0 Å². The fourth-order valence-corrected chi connectivity index (χ4v) is 1.34. The molecule has 0 bridgehead atoms. The van der Waals surface area contributed by atoms with Gasteiger partial charge in [0.15, 0.2) is 0 Å². The van der Waals surface area contributed by atoms with Crippen LogP contribution in [0.15, 0.2) is 24.3 Å². The molecule has 16 heavy (non-hydrogen) atoms. The maximum atomic E-state index is 5.77. The Morgan fingerprint density at radius 1 is 1.25 bits per heavy atom. The van der Waals surface area contributed by atoms with Crippen molar-refractivity contribution in [3.63, 3.8) is 0 Å². The van der Waals surface area contributed by atoms with Gasteiger partial charge in [0.1, 0.15) is 0 Å². The predicted molar refractivity (Wildman–Crippen MR) is 68.7 cm³/mol. The lowest BCUT2D eigenvalue weighted by Gasteiger charge is -2.13. The van der Waals surface area contributed by atoms with E-state index in [1.807, 2.05) is 14.1 Å². The smallest absolute Gasteiger partial charge is 0.0717 e. The van der Waals surface area contributed by atoms with Gasteiger partial charge in [0, 0.05) is 25.8 Å². The summed E-state index contributed by atoms with van der Waals surface area (Å²) in [5.41, 5.74) is 8.16. The first kappa shape index (κ1) is 13.0. The molecule has 1 aromatic carbocycles. The summed E-state index contributed by atoms with van der Waals surface area (Å²) in [7, 11) is 4.07. The van der Waals surface area contributed by atoms with Crippen LogP contribution in [0.2, 0.25) is 0 Å². The van der Waals surface area contributed by atoms with Crippen LogP contribution in [-0.2, 0) is 11.3 Å². The molecule has 3 nitrogen and oxygen atoms in total. The molecule has 0 aliphatic carbocycles. The lowest BCUT2D eigenvalue weighted by molar-refractivity contribution is 0.107. The highest BCUT2D eigenvalue weighted by molar-refractivity contribution is 5.45. The van der Waals surface area contributed by atoms with Gasteiger partial charge in [-0.1, -0.05) is 19.1 Å². The largest absolute Gasteiger partial charge is 0.378 e. The molecule has 0 heterocycles. The molecule has 0 aromatic heterocycles. The lowest BCUT2D eigenvalue weighted by Crippen LogP contribution is -2.24. The maximum Gasteiger partial charge on any atom is 0.0717 e. The molecule has 0 fully saturated rings. The molecule has 90 valence electrons. The van der Waals surface area contributed by atoms with Crippen molar-refractivity contribution >= 4 is 5.69 Å². The molecule has 1 atom stereocenters. The second-order valence-corrected chi connectivity index (χ2v) is 4.24. The van der Waals surface area contributed by atoms with Crippen molar-refractivity contribution in [2.45, 2.75) is 26.0 Å². The van der Waals surface area contributed by atoms with E-state index >= 15 is 0 Å². The average molecular weight is 222 g/mol. The van der Waals surface area contributed by atoms with Crippen molar-refractivity contribution in [1.29, 1.82) is 0 Å². The Balaban J connectivity index is 2.38. The van der Waals surface area contributed by atoms with E-state index in [2.05, 4.69) is 36.1 Å². The summed E-state index contributed by atoms with van der Waals surface area (Å²) in [5, 5.41) is 0. The molecule has 2 N–H and O–H groups in total. The monoisotopic (exact) mass is 222 g/mol. The molecule has 0 saturated carbocycles. The van der Waals surface area contributed by atoms with Crippen molar-refractivity contribution in [1.82, 2.24) is 0 Å². The van der Waals surface area contributed by atoms with Crippen LogP contribution < -0.4 is 10.6 Å². The second-order valence-electron chi connectivity index (χ2n) is 4.24. The third-order valence-electron chi connectivity index (χ3n) is 2.58. The van der Waals surface area contributed by atoms with E-state index < -0.39 is 0 Å². The van der Waals surface area contributed by atoms with Gasteiger partial charge in [-0.05, 0) is 24.1 Å². The molecule has 0 amide bonds. The van der Waals surface area contributed by atoms with E-state index in [1.54, 1.807) is 0 Å². The molecule has 3 heteroatoms. The number of ether oxygens (including phenoxy) is 1. The zero-order chi connectivity index (χ0) is 12.0. The Morgan fingerprint density at radius 3 is 2.38 bits per heavy atom. The van der Waals surface area contributed by atoms with Crippen LogP contribution in [0.1, 0.15) is 18.9 Å². The van der Waals surface area contributed by atoms with Crippen LogP contribution >= 0.6 is 0 Å². The summed E-state index contributed by atoms with van der Waals surface area (Å²) < 4.78 is 5.53. The van der Waals surface area contributed by atoms with Crippen molar-refractivity contribution in [2.75, 3.05) is 25.6 Å². The van der Waals surface area contributed by atoms with Crippen molar-refractivity contribution in [2.24, 2.45) is 5.73 Å². The number of nitrogens with two attached hydrogens (primary N) is 1. The summed E-state index contributed by atoms with van der Waals surface area (Å²) in [5.74, 6) is 0. The minimum absolute atomic E-state index is 0.154. The highest BCUT2D eigenvalue weighted by atomic mass is 16.5. The van der Waals surface area contributed by atoms with Crippen molar-refractivity contribution in [3.05, 3.63) is 29.8 Å². The van der Waals surface area contributed by atoms with Gasteiger partial charge in [0.2, 0.25) is 0 Å². The first-order valence-corrected chi connectivity index (χ1v) is 5.73. The third-order valence-corrected chi connectivity index (χ3v) is 2.58. The van der Waals surface area contributed by atoms with E-state index in [4.69, 9.17) is 10.5 Å². The summed E-state index contributed by atoms with van der Waals surface area (Å²) >= 11 is 0. The molecular weight excluding hydrogens is 200 g/mol. The van der Waals surface area contributed by atoms with Gasteiger partial charge >= 0.3 is 0 Å². The Bertz CT molecular complexity index is 295. The predicted octanol–water partition coefficient (Wildman–Crippen LogP) is 2.01. The maximum absolute atomic E-state index is 5.77. The summed E-state index contributed by atoms with van der Waals surface area (Å²) in [4.78, 5) is 2.08. The van der Waals surface area contributed by atoms with E-state index in [9.17, 15) is 0 Å². The lowest BCUT2D eigenvalue weighted by atomic mass is 10.2. The van der Waals surface area contributed by atoms with Gasteiger partial charge in [0.05, 0.1) is 13.2 Å². The molecule has 1 aromatic rings. The molecule has 1 rings (SSSR count). The second kappa shape index (κ2) is 6.51. The quantitative estimate of drug-likeness (QED) is 0.800. The van der Waals surface area contributed by atoms with Crippen LogP contribution in [0.5, 0.6) is 0 Å². The SMILES string of the molecule is CCC(N)COCc1ccc(N(C)C)cc1. The highest BCUT2D eigenvalue weighted by Crippen LogP contribution is 2.12. The minimum atomic E-state index is 0.154. The summed E-state index contributed by atoms with van der Waals surface area (Å²) in [6.45, 7) is 3.34. The average Bonchev–Trinajstić information content (AvgIpc) is 2.29. The van der Waals surface area contributed by atoms with Gasteiger partial charge < -0.3 is 15.4 Å². The molecule has 1 unspecified atom stereocenters. The molecule has 0 aliphatic rings. The van der Waals surface area contributed by atoms with Gasteiger partial charge in [-0.15, -0.1) is 0 Å². The standard InChI is InChI=1S/C13H22N2O/c1-4-12(14)10-16-9-11-5-7-13(8-6-11)15(2)3/h5-8,12H,4,9-10,14H2,1-3H3. The van der Waals surface area contributed by atoms with Crippen LogP contribution in [0.3, 0.4) is 0 Å². The first-order valence-electron chi connectivity index (χ1n) is 5.73.